The average molecular weight is 330 g/mol. The van der Waals surface area contributed by atoms with Crippen molar-refractivity contribution in [3.05, 3.63) is 63.6 Å². The largest absolute Gasteiger partial charge is 0.254 e. The molecular formula is C13H10BrClOS. The predicted octanol–water partition coefficient (Wildman–Crippen LogP) is 4.41. The zero-order chi connectivity index (χ0) is 12.3. The Morgan fingerprint density at radius 2 is 1.59 bits per heavy atom. The third-order valence-corrected chi connectivity index (χ3v) is 4.46. The Morgan fingerprint density at radius 1 is 1.00 bits per heavy atom. The molecule has 0 bridgehead atoms. The van der Waals surface area contributed by atoms with E-state index in [0.29, 0.717) is 10.8 Å². The van der Waals surface area contributed by atoms with Gasteiger partial charge in [-0.2, -0.15) is 0 Å². The van der Waals surface area contributed by atoms with E-state index in [1.807, 2.05) is 24.3 Å². The van der Waals surface area contributed by atoms with Crippen LogP contribution in [-0.2, 0) is 16.6 Å². The fourth-order valence-electron chi connectivity index (χ4n) is 1.40. The molecule has 2 aromatic carbocycles. The first kappa shape index (κ1) is 12.8. The Hall–Kier alpha value is -0.640. The van der Waals surface area contributed by atoms with Crippen LogP contribution in [0.3, 0.4) is 0 Å². The highest BCUT2D eigenvalue weighted by molar-refractivity contribution is 9.10. The Labute approximate surface area is 116 Å². The molecule has 2 rings (SSSR count). The van der Waals surface area contributed by atoms with E-state index in [4.69, 9.17) is 11.6 Å². The van der Waals surface area contributed by atoms with Crippen molar-refractivity contribution in [1.82, 2.24) is 0 Å². The van der Waals surface area contributed by atoms with Gasteiger partial charge in [0, 0.05) is 14.4 Å². The third kappa shape index (κ3) is 3.66. The highest BCUT2D eigenvalue weighted by Gasteiger charge is 2.04. The Balaban J connectivity index is 2.11. The molecule has 0 heterocycles. The van der Waals surface area contributed by atoms with E-state index in [-0.39, 0.29) is 0 Å². The topological polar surface area (TPSA) is 17.1 Å². The van der Waals surface area contributed by atoms with Gasteiger partial charge in [-0.15, -0.1) is 0 Å². The molecule has 1 atom stereocenters. The molecule has 0 saturated carbocycles. The predicted molar refractivity (Wildman–Crippen MR) is 75.7 cm³/mol. The molecule has 0 saturated heterocycles. The quantitative estimate of drug-likeness (QED) is 0.815. The van der Waals surface area contributed by atoms with Crippen molar-refractivity contribution >= 4 is 38.3 Å². The first-order chi connectivity index (χ1) is 8.15. The average Bonchev–Trinajstić information content (AvgIpc) is 2.33. The zero-order valence-electron chi connectivity index (χ0n) is 8.90. The van der Waals surface area contributed by atoms with Crippen molar-refractivity contribution in [2.24, 2.45) is 0 Å². The van der Waals surface area contributed by atoms with E-state index in [1.54, 1.807) is 24.3 Å². The van der Waals surface area contributed by atoms with Crippen molar-refractivity contribution in [3.63, 3.8) is 0 Å². The number of benzene rings is 2. The molecule has 17 heavy (non-hydrogen) atoms. The lowest BCUT2D eigenvalue weighted by molar-refractivity contribution is 0.682. The van der Waals surface area contributed by atoms with Crippen molar-refractivity contribution in [1.29, 1.82) is 0 Å². The first-order valence-electron chi connectivity index (χ1n) is 5.03. The van der Waals surface area contributed by atoms with Crippen molar-refractivity contribution in [2.45, 2.75) is 10.6 Å². The lowest BCUT2D eigenvalue weighted by Gasteiger charge is -2.03. The zero-order valence-corrected chi connectivity index (χ0v) is 12.1. The Kier molecular flexibility index (Phi) is 4.37. The second-order valence-corrected chi connectivity index (χ2v) is 6.37. The summed E-state index contributed by atoms with van der Waals surface area (Å²) in [5, 5.41) is 0.661. The number of halogens is 2. The van der Waals surface area contributed by atoms with Crippen LogP contribution >= 0.6 is 27.5 Å². The minimum atomic E-state index is -1.02. The maximum atomic E-state index is 12.1. The molecule has 0 amide bonds. The highest BCUT2D eigenvalue weighted by Crippen LogP contribution is 2.17. The molecule has 0 aliphatic carbocycles. The molecule has 1 unspecified atom stereocenters. The molecule has 0 radical (unpaired) electrons. The second-order valence-electron chi connectivity index (χ2n) is 3.57. The van der Waals surface area contributed by atoms with E-state index < -0.39 is 10.8 Å². The molecule has 2 aromatic rings. The van der Waals surface area contributed by atoms with Gasteiger partial charge in [0.25, 0.3) is 0 Å². The standard InChI is InChI=1S/C13H10BrClOS/c14-11-3-1-10(2-4-11)9-17(16)13-7-5-12(15)6-8-13/h1-8H,9H2. The summed E-state index contributed by atoms with van der Waals surface area (Å²) in [5.74, 6) is 0.523. The summed E-state index contributed by atoms with van der Waals surface area (Å²) >= 11 is 9.16. The van der Waals surface area contributed by atoms with Crippen molar-refractivity contribution in [3.8, 4) is 0 Å². The minimum Gasteiger partial charge on any atom is -0.254 e. The maximum absolute atomic E-state index is 12.1. The van der Waals surface area contributed by atoms with Crippen LogP contribution in [0.25, 0.3) is 0 Å². The number of hydrogen-bond acceptors (Lipinski definition) is 1. The van der Waals surface area contributed by atoms with Crippen LogP contribution in [0.1, 0.15) is 5.56 Å². The molecule has 0 N–H and O–H groups in total. The molecule has 88 valence electrons. The minimum absolute atomic E-state index is 0.523. The van der Waals surface area contributed by atoms with E-state index >= 15 is 0 Å². The monoisotopic (exact) mass is 328 g/mol. The van der Waals surface area contributed by atoms with Gasteiger partial charge in [0.2, 0.25) is 0 Å². The fourth-order valence-corrected chi connectivity index (χ4v) is 2.89. The lowest BCUT2D eigenvalue weighted by Crippen LogP contribution is -1.96. The molecular weight excluding hydrogens is 320 g/mol. The van der Waals surface area contributed by atoms with Crippen LogP contribution in [0.15, 0.2) is 57.9 Å². The van der Waals surface area contributed by atoms with E-state index in [2.05, 4.69) is 15.9 Å². The second kappa shape index (κ2) is 5.80. The van der Waals surface area contributed by atoms with Gasteiger partial charge in [0.1, 0.15) is 0 Å². The maximum Gasteiger partial charge on any atom is 0.0574 e. The highest BCUT2D eigenvalue weighted by atomic mass is 79.9. The lowest BCUT2D eigenvalue weighted by atomic mass is 10.2. The van der Waals surface area contributed by atoms with Crippen LogP contribution in [0, 0.1) is 0 Å². The fraction of sp³-hybridized carbons (Fsp3) is 0.0769. The molecule has 0 spiro atoms. The van der Waals surface area contributed by atoms with Gasteiger partial charge in [0.05, 0.1) is 16.6 Å². The van der Waals surface area contributed by atoms with Gasteiger partial charge in [-0.3, -0.25) is 4.21 Å². The number of hydrogen-bond donors (Lipinski definition) is 0. The van der Waals surface area contributed by atoms with Crippen LogP contribution in [-0.4, -0.2) is 4.21 Å². The molecule has 0 fully saturated rings. The van der Waals surface area contributed by atoms with Gasteiger partial charge in [-0.1, -0.05) is 39.7 Å². The summed E-state index contributed by atoms with van der Waals surface area (Å²) in [7, 11) is -1.02. The summed E-state index contributed by atoms with van der Waals surface area (Å²) in [6, 6.07) is 15.0. The molecule has 0 aliphatic heterocycles. The van der Waals surface area contributed by atoms with E-state index in [1.165, 1.54) is 0 Å². The van der Waals surface area contributed by atoms with Crippen LogP contribution < -0.4 is 0 Å². The Bertz CT molecular complexity index is 522. The molecule has 4 heteroatoms. The summed E-state index contributed by atoms with van der Waals surface area (Å²) in [6.07, 6.45) is 0. The first-order valence-corrected chi connectivity index (χ1v) is 7.52. The van der Waals surface area contributed by atoms with Gasteiger partial charge < -0.3 is 0 Å². The van der Waals surface area contributed by atoms with Crippen molar-refractivity contribution in [2.75, 3.05) is 0 Å². The van der Waals surface area contributed by atoms with E-state index in [0.717, 1.165) is 14.9 Å². The van der Waals surface area contributed by atoms with Gasteiger partial charge in [-0.25, -0.2) is 0 Å². The van der Waals surface area contributed by atoms with Gasteiger partial charge >= 0.3 is 0 Å². The summed E-state index contributed by atoms with van der Waals surface area (Å²) in [5.41, 5.74) is 1.06. The molecule has 0 aliphatic rings. The molecule has 0 aromatic heterocycles. The smallest absolute Gasteiger partial charge is 0.0574 e. The number of rotatable bonds is 3. The van der Waals surface area contributed by atoms with Crippen LogP contribution in [0.4, 0.5) is 0 Å². The van der Waals surface area contributed by atoms with Crippen LogP contribution in [0.2, 0.25) is 5.02 Å². The van der Waals surface area contributed by atoms with Gasteiger partial charge in [-0.05, 0) is 42.0 Å². The summed E-state index contributed by atoms with van der Waals surface area (Å²) < 4.78 is 13.1. The van der Waals surface area contributed by atoms with Crippen molar-refractivity contribution < 1.29 is 4.21 Å². The summed E-state index contributed by atoms with van der Waals surface area (Å²) in [4.78, 5) is 0.803. The van der Waals surface area contributed by atoms with E-state index in [9.17, 15) is 4.21 Å². The third-order valence-electron chi connectivity index (χ3n) is 2.29. The molecule has 1 nitrogen and oxygen atoms in total. The Morgan fingerprint density at radius 3 is 2.18 bits per heavy atom. The normalized spacial score (nSPS) is 12.4. The van der Waals surface area contributed by atoms with Crippen LogP contribution in [0.5, 0.6) is 0 Å². The summed E-state index contributed by atoms with van der Waals surface area (Å²) in [6.45, 7) is 0. The SMILES string of the molecule is O=S(Cc1ccc(Br)cc1)c1ccc(Cl)cc1. The van der Waals surface area contributed by atoms with Gasteiger partial charge in [0.15, 0.2) is 0 Å².